The third kappa shape index (κ3) is 5.73. The van der Waals surface area contributed by atoms with Crippen LogP contribution in [0.25, 0.3) is 0 Å². The smallest absolute Gasteiger partial charge is 0.220 e. The highest BCUT2D eigenvalue weighted by Crippen LogP contribution is 2.16. The Morgan fingerprint density at radius 3 is 2.81 bits per heavy atom. The van der Waals surface area contributed by atoms with Crippen molar-refractivity contribution in [2.75, 3.05) is 39.4 Å². The number of hydrogen-bond donors (Lipinski definition) is 2. The summed E-state index contributed by atoms with van der Waals surface area (Å²) in [7, 11) is 0. The fraction of sp³-hybridized carbons (Fsp3) is 0.562. The summed E-state index contributed by atoms with van der Waals surface area (Å²) < 4.78 is 5.30. The number of ether oxygens (including phenoxy) is 1. The molecule has 1 heterocycles. The second kappa shape index (κ2) is 8.64. The minimum atomic E-state index is 0.0419. The van der Waals surface area contributed by atoms with Gasteiger partial charge < -0.3 is 15.2 Å². The van der Waals surface area contributed by atoms with Gasteiger partial charge in [-0.2, -0.15) is 0 Å². The standard InChI is InChI=1S/C16H24N2O3/c19-15-5-2-1-4-14(15)6-7-16(20)17-8-3-9-18-10-12-21-13-11-18/h1-2,4-5,19H,3,6-13H2,(H,17,20). The van der Waals surface area contributed by atoms with Crippen LogP contribution in [0.4, 0.5) is 0 Å². The van der Waals surface area contributed by atoms with E-state index in [1.54, 1.807) is 12.1 Å². The summed E-state index contributed by atoms with van der Waals surface area (Å²) in [6, 6.07) is 7.15. The molecule has 1 saturated heterocycles. The maximum absolute atomic E-state index is 11.8. The van der Waals surface area contributed by atoms with Gasteiger partial charge in [-0.15, -0.1) is 0 Å². The highest BCUT2D eigenvalue weighted by molar-refractivity contribution is 5.76. The van der Waals surface area contributed by atoms with E-state index < -0.39 is 0 Å². The van der Waals surface area contributed by atoms with Crippen molar-refractivity contribution in [3.05, 3.63) is 29.8 Å². The first-order valence-electron chi connectivity index (χ1n) is 7.59. The van der Waals surface area contributed by atoms with Crippen LogP contribution in [-0.2, 0) is 16.0 Å². The lowest BCUT2D eigenvalue weighted by atomic mass is 10.1. The number of hydrogen-bond acceptors (Lipinski definition) is 4. The van der Waals surface area contributed by atoms with Gasteiger partial charge in [0.15, 0.2) is 0 Å². The molecule has 1 fully saturated rings. The molecule has 0 spiro atoms. The summed E-state index contributed by atoms with van der Waals surface area (Å²) >= 11 is 0. The summed E-state index contributed by atoms with van der Waals surface area (Å²) in [5.74, 6) is 0.304. The third-order valence-electron chi connectivity index (χ3n) is 3.69. The molecule has 0 unspecified atom stereocenters. The highest BCUT2D eigenvalue weighted by atomic mass is 16.5. The van der Waals surface area contributed by atoms with E-state index in [9.17, 15) is 9.90 Å². The second-order valence-electron chi connectivity index (χ2n) is 5.29. The van der Waals surface area contributed by atoms with Gasteiger partial charge >= 0.3 is 0 Å². The molecule has 2 N–H and O–H groups in total. The first-order chi connectivity index (χ1) is 10.3. The van der Waals surface area contributed by atoms with E-state index >= 15 is 0 Å². The fourth-order valence-electron chi connectivity index (χ4n) is 2.41. The average Bonchev–Trinajstić information content (AvgIpc) is 2.52. The Balaban J connectivity index is 1.56. The molecule has 1 aromatic carbocycles. The molecule has 0 saturated carbocycles. The van der Waals surface area contributed by atoms with Crippen LogP contribution in [0, 0.1) is 0 Å². The van der Waals surface area contributed by atoms with Crippen molar-refractivity contribution in [3.63, 3.8) is 0 Å². The van der Waals surface area contributed by atoms with Gasteiger partial charge in [-0.25, -0.2) is 0 Å². The van der Waals surface area contributed by atoms with Crippen molar-refractivity contribution < 1.29 is 14.6 Å². The second-order valence-corrected chi connectivity index (χ2v) is 5.29. The van der Waals surface area contributed by atoms with Gasteiger partial charge in [-0.3, -0.25) is 9.69 Å². The normalized spacial score (nSPS) is 15.8. The van der Waals surface area contributed by atoms with E-state index in [-0.39, 0.29) is 11.7 Å². The predicted molar refractivity (Wildman–Crippen MR) is 81.3 cm³/mol. The number of aromatic hydroxyl groups is 1. The number of amides is 1. The monoisotopic (exact) mass is 292 g/mol. The van der Waals surface area contributed by atoms with Crippen molar-refractivity contribution >= 4 is 5.91 Å². The van der Waals surface area contributed by atoms with Crippen LogP contribution < -0.4 is 5.32 Å². The molecule has 0 aromatic heterocycles. The van der Waals surface area contributed by atoms with Crippen molar-refractivity contribution in [1.82, 2.24) is 10.2 Å². The summed E-state index contributed by atoms with van der Waals surface area (Å²) in [6.45, 7) is 5.31. The van der Waals surface area contributed by atoms with Crippen LogP contribution >= 0.6 is 0 Å². The Morgan fingerprint density at radius 1 is 1.29 bits per heavy atom. The van der Waals surface area contributed by atoms with Gasteiger partial charge in [0.05, 0.1) is 13.2 Å². The number of carbonyl (C=O) groups is 1. The summed E-state index contributed by atoms with van der Waals surface area (Å²) in [5, 5.41) is 12.6. The molecular weight excluding hydrogens is 268 g/mol. The number of benzene rings is 1. The minimum Gasteiger partial charge on any atom is -0.508 e. The molecule has 21 heavy (non-hydrogen) atoms. The number of nitrogens with one attached hydrogen (secondary N) is 1. The maximum atomic E-state index is 11.8. The molecule has 0 bridgehead atoms. The molecule has 0 radical (unpaired) electrons. The quantitative estimate of drug-likeness (QED) is 0.741. The van der Waals surface area contributed by atoms with E-state index in [1.807, 2.05) is 12.1 Å². The van der Waals surface area contributed by atoms with Crippen molar-refractivity contribution in [1.29, 1.82) is 0 Å². The molecule has 116 valence electrons. The third-order valence-corrected chi connectivity index (χ3v) is 3.69. The zero-order valence-electron chi connectivity index (χ0n) is 12.4. The fourth-order valence-corrected chi connectivity index (χ4v) is 2.41. The summed E-state index contributed by atoms with van der Waals surface area (Å²) in [5.41, 5.74) is 0.820. The van der Waals surface area contributed by atoms with Crippen molar-refractivity contribution in [2.45, 2.75) is 19.3 Å². The van der Waals surface area contributed by atoms with Crippen LogP contribution in [0.3, 0.4) is 0 Å². The Morgan fingerprint density at radius 2 is 2.05 bits per heavy atom. The van der Waals surface area contributed by atoms with Crippen LogP contribution in [0.15, 0.2) is 24.3 Å². The summed E-state index contributed by atoms with van der Waals surface area (Å²) in [4.78, 5) is 14.1. The number of phenolic OH excluding ortho intramolecular Hbond substituents is 1. The van der Waals surface area contributed by atoms with Gasteiger partial charge in [0, 0.05) is 26.1 Å². The average molecular weight is 292 g/mol. The lowest BCUT2D eigenvalue weighted by Gasteiger charge is -2.26. The topological polar surface area (TPSA) is 61.8 Å². The molecule has 1 aromatic rings. The van der Waals surface area contributed by atoms with Crippen molar-refractivity contribution in [3.8, 4) is 5.75 Å². The molecule has 1 aliphatic rings. The van der Waals surface area contributed by atoms with Gasteiger partial charge in [0.2, 0.25) is 5.91 Å². The lowest BCUT2D eigenvalue weighted by Crippen LogP contribution is -2.38. The number of phenols is 1. The Hall–Kier alpha value is -1.59. The molecule has 0 aliphatic carbocycles. The Bertz CT molecular complexity index is 445. The zero-order chi connectivity index (χ0) is 14.9. The Kier molecular flexibility index (Phi) is 6.50. The van der Waals surface area contributed by atoms with E-state index in [0.29, 0.717) is 19.4 Å². The van der Waals surface area contributed by atoms with Crippen LogP contribution in [0.2, 0.25) is 0 Å². The number of para-hydroxylation sites is 1. The first kappa shape index (κ1) is 15.8. The van der Waals surface area contributed by atoms with Gasteiger partial charge in [-0.1, -0.05) is 18.2 Å². The largest absolute Gasteiger partial charge is 0.508 e. The molecule has 0 atom stereocenters. The van der Waals surface area contributed by atoms with Gasteiger partial charge in [0.25, 0.3) is 0 Å². The number of aryl methyl sites for hydroxylation is 1. The van der Waals surface area contributed by atoms with Crippen molar-refractivity contribution in [2.24, 2.45) is 0 Å². The number of nitrogens with zero attached hydrogens (tertiary/aromatic N) is 1. The zero-order valence-corrected chi connectivity index (χ0v) is 12.4. The molecule has 2 rings (SSSR count). The molecule has 1 aliphatic heterocycles. The van der Waals surface area contributed by atoms with E-state index in [0.717, 1.165) is 44.8 Å². The molecular formula is C16H24N2O3. The van der Waals surface area contributed by atoms with Gasteiger partial charge in [0.1, 0.15) is 5.75 Å². The van der Waals surface area contributed by atoms with Gasteiger partial charge in [-0.05, 0) is 31.0 Å². The number of rotatable bonds is 7. The van der Waals surface area contributed by atoms with Crippen LogP contribution in [-0.4, -0.2) is 55.3 Å². The highest BCUT2D eigenvalue weighted by Gasteiger charge is 2.09. The molecule has 5 nitrogen and oxygen atoms in total. The predicted octanol–water partition coefficient (Wildman–Crippen LogP) is 1.16. The molecule has 5 heteroatoms. The van der Waals surface area contributed by atoms with E-state index in [1.165, 1.54) is 0 Å². The lowest BCUT2D eigenvalue weighted by molar-refractivity contribution is -0.121. The van der Waals surface area contributed by atoms with E-state index in [4.69, 9.17) is 4.74 Å². The number of carbonyl (C=O) groups excluding carboxylic acids is 1. The maximum Gasteiger partial charge on any atom is 0.220 e. The SMILES string of the molecule is O=C(CCc1ccccc1O)NCCCN1CCOCC1. The van der Waals surface area contributed by atoms with Crippen LogP contribution in [0.1, 0.15) is 18.4 Å². The first-order valence-corrected chi connectivity index (χ1v) is 7.59. The number of morpholine rings is 1. The molecule has 1 amide bonds. The minimum absolute atomic E-state index is 0.0419. The van der Waals surface area contributed by atoms with Crippen LogP contribution in [0.5, 0.6) is 5.75 Å². The summed E-state index contributed by atoms with van der Waals surface area (Å²) in [6.07, 6.45) is 1.94. The Labute approximate surface area is 125 Å². The van der Waals surface area contributed by atoms with E-state index in [2.05, 4.69) is 10.2 Å².